The third kappa shape index (κ3) is 6.27. The molecule has 0 radical (unpaired) electrons. The SMILES string of the molecule is O=C(NCCCN1CCCC1)C1CCN(S(=O)(=O)Cc2ccc(Br)cc2)CC1. The molecule has 1 amide bonds. The van der Waals surface area contributed by atoms with Crippen molar-refractivity contribution in [3.8, 4) is 0 Å². The van der Waals surface area contributed by atoms with Crippen LogP contribution >= 0.6 is 15.9 Å². The summed E-state index contributed by atoms with van der Waals surface area (Å²) >= 11 is 3.36. The first-order valence-corrected chi connectivity index (χ1v) is 12.6. The number of carbonyl (C=O) groups is 1. The zero-order valence-electron chi connectivity index (χ0n) is 16.3. The summed E-state index contributed by atoms with van der Waals surface area (Å²) in [6.07, 6.45) is 4.74. The van der Waals surface area contributed by atoms with E-state index in [1.807, 2.05) is 24.3 Å². The number of carbonyl (C=O) groups excluding carboxylic acids is 1. The van der Waals surface area contributed by atoms with Gasteiger partial charge in [0.05, 0.1) is 5.75 Å². The zero-order valence-corrected chi connectivity index (χ0v) is 18.7. The lowest BCUT2D eigenvalue weighted by Crippen LogP contribution is -2.43. The van der Waals surface area contributed by atoms with Crippen LogP contribution in [0.4, 0.5) is 0 Å². The number of halogens is 1. The minimum absolute atomic E-state index is 0.00758. The van der Waals surface area contributed by atoms with E-state index >= 15 is 0 Å². The van der Waals surface area contributed by atoms with Gasteiger partial charge in [0.1, 0.15) is 0 Å². The molecular formula is C20H30BrN3O3S. The Morgan fingerprint density at radius 1 is 1.07 bits per heavy atom. The molecule has 1 N–H and O–H groups in total. The third-order valence-electron chi connectivity index (χ3n) is 5.63. The van der Waals surface area contributed by atoms with Gasteiger partial charge in [0.25, 0.3) is 0 Å². The van der Waals surface area contributed by atoms with Crippen molar-refractivity contribution in [2.24, 2.45) is 5.92 Å². The fourth-order valence-electron chi connectivity index (χ4n) is 3.94. The van der Waals surface area contributed by atoms with E-state index in [2.05, 4.69) is 26.1 Å². The van der Waals surface area contributed by atoms with Crippen molar-refractivity contribution in [2.45, 2.75) is 37.9 Å². The van der Waals surface area contributed by atoms with Gasteiger partial charge in [-0.2, -0.15) is 0 Å². The van der Waals surface area contributed by atoms with E-state index < -0.39 is 10.0 Å². The Morgan fingerprint density at radius 3 is 2.36 bits per heavy atom. The molecule has 0 aromatic heterocycles. The zero-order chi connectivity index (χ0) is 20.0. The molecule has 2 saturated heterocycles. The number of nitrogens with zero attached hydrogens (tertiary/aromatic N) is 2. The Morgan fingerprint density at radius 2 is 1.71 bits per heavy atom. The number of hydrogen-bond donors (Lipinski definition) is 1. The molecule has 0 atom stereocenters. The molecule has 156 valence electrons. The van der Waals surface area contributed by atoms with E-state index in [0.29, 0.717) is 32.5 Å². The van der Waals surface area contributed by atoms with Crippen LogP contribution in [0.3, 0.4) is 0 Å². The van der Waals surface area contributed by atoms with E-state index in [9.17, 15) is 13.2 Å². The molecule has 0 spiro atoms. The molecular weight excluding hydrogens is 442 g/mol. The summed E-state index contributed by atoms with van der Waals surface area (Å²) < 4.78 is 27.8. The van der Waals surface area contributed by atoms with Gasteiger partial charge in [0.2, 0.25) is 15.9 Å². The van der Waals surface area contributed by atoms with Gasteiger partial charge in [-0.15, -0.1) is 0 Å². The van der Waals surface area contributed by atoms with Crippen LogP contribution in [0.15, 0.2) is 28.7 Å². The van der Waals surface area contributed by atoms with Gasteiger partial charge >= 0.3 is 0 Å². The van der Waals surface area contributed by atoms with Crippen LogP contribution in [0.2, 0.25) is 0 Å². The number of piperidine rings is 1. The molecule has 2 heterocycles. The maximum absolute atomic E-state index is 12.7. The summed E-state index contributed by atoms with van der Waals surface area (Å²) in [5, 5.41) is 3.04. The van der Waals surface area contributed by atoms with E-state index in [0.717, 1.165) is 23.0 Å². The molecule has 1 aromatic rings. The second kappa shape index (κ2) is 10.2. The average molecular weight is 472 g/mol. The molecule has 3 rings (SSSR count). The minimum Gasteiger partial charge on any atom is -0.356 e. The van der Waals surface area contributed by atoms with Crippen LogP contribution in [0.25, 0.3) is 0 Å². The van der Waals surface area contributed by atoms with E-state index in [-0.39, 0.29) is 17.6 Å². The predicted octanol–water partition coefficient (Wildman–Crippen LogP) is 2.59. The number of rotatable bonds is 8. The second-order valence-corrected chi connectivity index (χ2v) is 10.6. The summed E-state index contributed by atoms with van der Waals surface area (Å²) in [7, 11) is -3.35. The summed E-state index contributed by atoms with van der Waals surface area (Å²) in [5.74, 6) is 0.00508. The van der Waals surface area contributed by atoms with Crippen molar-refractivity contribution in [3.63, 3.8) is 0 Å². The maximum Gasteiger partial charge on any atom is 0.223 e. The number of amides is 1. The van der Waals surface area contributed by atoms with Crippen molar-refractivity contribution >= 4 is 31.9 Å². The van der Waals surface area contributed by atoms with Crippen molar-refractivity contribution < 1.29 is 13.2 Å². The van der Waals surface area contributed by atoms with E-state index in [1.165, 1.54) is 30.2 Å². The molecule has 2 aliphatic heterocycles. The summed E-state index contributed by atoms with van der Waals surface area (Å²) in [5.41, 5.74) is 0.779. The van der Waals surface area contributed by atoms with Crippen LogP contribution < -0.4 is 5.32 Å². The Bertz CT molecular complexity index is 740. The van der Waals surface area contributed by atoms with Gasteiger partial charge in [0.15, 0.2) is 0 Å². The largest absolute Gasteiger partial charge is 0.356 e. The minimum atomic E-state index is -3.35. The number of likely N-dealkylation sites (tertiary alicyclic amines) is 1. The first-order chi connectivity index (χ1) is 13.4. The predicted molar refractivity (Wildman–Crippen MR) is 114 cm³/mol. The average Bonchev–Trinajstić information content (AvgIpc) is 3.20. The molecule has 28 heavy (non-hydrogen) atoms. The van der Waals surface area contributed by atoms with Crippen LogP contribution in [-0.4, -0.2) is 62.8 Å². The standard InChI is InChI=1S/C20H30BrN3O3S/c21-19-6-4-17(5-7-19)16-28(26,27)24-14-8-18(9-15-24)20(25)22-10-3-13-23-11-1-2-12-23/h4-7,18H,1-3,8-16H2,(H,22,25). The fraction of sp³-hybridized carbons (Fsp3) is 0.650. The van der Waals surface area contributed by atoms with E-state index in [4.69, 9.17) is 0 Å². The van der Waals surface area contributed by atoms with Gasteiger partial charge in [0, 0.05) is 30.0 Å². The molecule has 0 saturated carbocycles. The van der Waals surface area contributed by atoms with Crippen LogP contribution in [0.5, 0.6) is 0 Å². The quantitative estimate of drug-likeness (QED) is 0.591. The van der Waals surface area contributed by atoms with Crippen LogP contribution in [-0.2, 0) is 20.6 Å². The molecule has 2 aliphatic rings. The van der Waals surface area contributed by atoms with Gasteiger partial charge in [-0.25, -0.2) is 12.7 Å². The first kappa shape index (κ1) is 21.7. The lowest BCUT2D eigenvalue weighted by atomic mass is 9.97. The highest BCUT2D eigenvalue weighted by Crippen LogP contribution is 2.22. The smallest absolute Gasteiger partial charge is 0.223 e. The monoisotopic (exact) mass is 471 g/mol. The number of sulfonamides is 1. The molecule has 2 fully saturated rings. The van der Waals surface area contributed by atoms with Gasteiger partial charge in [-0.1, -0.05) is 28.1 Å². The normalized spacial score (nSPS) is 19.8. The van der Waals surface area contributed by atoms with Gasteiger partial charge < -0.3 is 10.2 Å². The highest BCUT2D eigenvalue weighted by molar-refractivity contribution is 9.10. The highest BCUT2D eigenvalue weighted by atomic mass is 79.9. The number of benzene rings is 1. The number of hydrogen-bond acceptors (Lipinski definition) is 4. The lowest BCUT2D eigenvalue weighted by Gasteiger charge is -2.30. The lowest BCUT2D eigenvalue weighted by molar-refractivity contribution is -0.126. The van der Waals surface area contributed by atoms with Gasteiger partial charge in [-0.3, -0.25) is 4.79 Å². The van der Waals surface area contributed by atoms with Crippen molar-refractivity contribution in [1.29, 1.82) is 0 Å². The molecule has 0 aliphatic carbocycles. The van der Waals surface area contributed by atoms with Crippen molar-refractivity contribution in [3.05, 3.63) is 34.3 Å². The topological polar surface area (TPSA) is 69.7 Å². The molecule has 6 nitrogen and oxygen atoms in total. The summed E-state index contributed by atoms with van der Waals surface area (Å²) in [6, 6.07) is 7.35. The van der Waals surface area contributed by atoms with Crippen molar-refractivity contribution in [1.82, 2.24) is 14.5 Å². The Hall–Kier alpha value is -0.960. The van der Waals surface area contributed by atoms with Gasteiger partial charge in [-0.05, 0) is 69.4 Å². The molecule has 1 aromatic carbocycles. The second-order valence-electron chi connectivity index (χ2n) is 7.75. The van der Waals surface area contributed by atoms with Crippen LogP contribution in [0.1, 0.15) is 37.7 Å². The number of nitrogens with one attached hydrogen (secondary N) is 1. The van der Waals surface area contributed by atoms with E-state index in [1.54, 1.807) is 0 Å². The Balaban J connectivity index is 1.39. The Kier molecular flexibility index (Phi) is 7.91. The van der Waals surface area contributed by atoms with Crippen LogP contribution in [0, 0.1) is 5.92 Å². The summed E-state index contributed by atoms with van der Waals surface area (Å²) in [6.45, 7) is 4.96. The molecule has 0 bridgehead atoms. The van der Waals surface area contributed by atoms with Crippen molar-refractivity contribution in [2.75, 3.05) is 39.3 Å². The molecule has 0 unspecified atom stereocenters. The fourth-order valence-corrected chi connectivity index (χ4v) is 5.77. The first-order valence-electron chi connectivity index (χ1n) is 10.2. The maximum atomic E-state index is 12.7. The summed E-state index contributed by atoms with van der Waals surface area (Å²) in [4.78, 5) is 14.8. The third-order valence-corrected chi connectivity index (χ3v) is 8.01. The molecule has 8 heteroatoms. The Labute approximate surface area is 176 Å². The highest BCUT2D eigenvalue weighted by Gasteiger charge is 2.31.